The SMILES string of the molecule is O=C(NC1CCNC1=O)c1sc(C2=NO[C@](c3cc(Cl)c(Cl)c(Cl)c3)(C(F)(F)F)C2)c2c1CCC2. The van der Waals surface area contributed by atoms with Gasteiger partial charge in [0.1, 0.15) is 11.8 Å². The Bertz CT molecular complexity index is 1260. The van der Waals surface area contributed by atoms with Gasteiger partial charge in [0.2, 0.25) is 5.91 Å². The minimum Gasteiger partial charge on any atom is -0.374 e. The van der Waals surface area contributed by atoms with E-state index in [1.165, 1.54) is 0 Å². The zero-order valence-corrected chi connectivity index (χ0v) is 20.9. The van der Waals surface area contributed by atoms with E-state index in [9.17, 15) is 22.8 Å². The maximum Gasteiger partial charge on any atom is 0.435 e. The van der Waals surface area contributed by atoms with Crippen molar-refractivity contribution in [2.45, 2.75) is 49.9 Å². The molecule has 5 rings (SSSR count). The van der Waals surface area contributed by atoms with E-state index in [1.54, 1.807) is 0 Å². The van der Waals surface area contributed by atoms with Gasteiger partial charge in [-0.1, -0.05) is 40.0 Å². The fraction of sp³-hybridized carbons (Fsp3) is 0.409. The van der Waals surface area contributed by atoms with Crippen molar-refractivity contribution in [3.8, 4) is 0 Å². The Kier molecular flexibility index (Phi) is 6.22. The molecule has 13 heteroatoms. The Labute approximate surface area is 216 Å². The average molecular weight is 567 g/mol. The average Bonchev–Trinajstić information content (AvgIpc) is 3.55. The first-order valence-electron chi connectivity index (χ1n) is 10.7. The van der Waals surface area contributed by atoms with E-state index < -0.39 is 30.1 Å². The predicted octanol–water partition coefficient (Wildman–Crippen LogP) is 5.40. The number of hydrogen-bond acceptors (Lipinski definition) is 5. The van der Waals surface area contributed by atoms with Crippen molar-refractivity contribution in [2.75, 3.05) is 6.54 Å². The molecule has 3 heterocycles. The van der Waals surface area contributed by atoms with E-state index in [0.717, 1.165) is 41.0 Å². The number of carbonyl (C=O) groups excluding carboxylic acids is 2. The van der Waals surface area contributed by atoms with Gasteiger partial charge in [0.25, 0.3) is 11.5 Å². The van der Waals surface area contributed by atoms with Crippen LogP contribution in [0.4, 0.5) is 13.2 Å². The fourth-order valence-corrected chi connectivity index (χ4v) is 6.53. The van der Waals surface area contributed by atoms with Crippen LogP contribution in [0.25, 0.3) is 0 Å². The van der Waals surface area contributed by atoms with Crippen LogP contribution in [0, 0.1) is 0 Å². The lowest BCUT2D eigenvalue weighted by Gasteiger charge is -2.29. The van der Waals surface area contributed by atoms with E-state index in [1.807, 2.05) is 0 Å². The number of halogens is 6. The van der Waals surface area contributed by atoms with Crippen LogP contribution in [0.2, 0.25) is 15.1 Å². The summed E-state index contributed by atoms with van der Waals surface area (Å²) in [7, 11) is 0. The van der Waals surface area contributed by atoms with Crippen LogP contribution < -0.4 is 10.6 Å². The van der Waals surface area contributed by atoms with E-state index in [2.05, 4.69) is 15.8 Å². The van der Waals surface area contributed by atoms with Crippen LogP contribution in [-0.2, 0) is 28.1 Å². The summed E-state index contributed by atoms with van der Waals surface area (Å²) in [5.74, 6) is -0.671. The van der Waals surface area contributed by atoms with Crippen LogP contribution in [-0.4, -0.2) is 36.3 Å². The van der Waals surface area contributed by atoms with Crippen molar-refractivity contribution in [1.29, 1.82) is 0 Å². The van der Waals surface area contributed by atoms with Gasteiger partial charge < -0.3 is 15.5 Å². The Morgan fingerprint density at radius 1 is 1.20 bits per heavy atom. The summed E-state index contributed by atoms with van der Waals surface area (Å²) < 4.78 is 43.2. The molecule has 2 aliphatic heterocycles. The largest absolute Gasteiger partial charge is 0.435 e. The highest BCUT2D eigenvalue weighted by Gasteiger charge is 2.63. The van der Waals surface area contributed by atoms with E-state index in [4.69, 9.17) is 39.6 Å². The number of fused-ring (bicyclic) bond motifs is 1. The van der Waals surface area contributed by atoms with Gasteiger partial charge in [-0.25, -0.2) is 0 Å². The molecule has 1 aromatic heterocycles. The highest BCUT2D eigenvalue weighted by molar-refractivity contribution is 7.16. The lowest BCUT2D eigenvalue weighted by Crippen LogP contribution is -2.42. The van der Waals surface area contributed by atoms with Crippen LogP contribution in [0.5, 0.6) is 0 Å². The molecule has 1 unspecified atom stereocenters. The standard InChI is InChI=1S/C22H17Cl3F3N3O3S/c23-12-6-9(7-13(24)16(12)25)21(22(26,27)28)8-15(31-34-21)17-10-2-1-3-11(10)18(35-17)20(33)30-14-4-5-29-19(14)32/h6-7,14H,1-5,8H2,(H,29,32)(H,30,33)/t14?,21-/m1/s1. The number of rotatable bonds is 4. The van der Waals surface area contributed by atoms with Crippen LogP contribution in [0.1, 0.15) is 50.5 Å². The number of benzene rings is 1. The first kappa shape index (κ1) is 24.7. The van der Waals surface area contributed by atoms with Crippen LogP contribution >= 0.6 is 46.1 Å². The molecular weight excluding hydrogens is 550 g/mol. The second-order valence-corrected chi connectivity index (χ2v) is 10.8. The van der Waals surface area contributed by atoms with Gasteiger partial charge in [0.15, 0.2) is 0 Å². The Morgan fingerprint density at radius 2 is 1.89 bits per heavy atom. The minimum absolute atomic E-state index is 0.0591. The summed E-state index contributed by atoms with van der Waals surface area (Å²) >= 11 is 19.0. The first-order valence-corrected chi connectivity index (χ1v) is 12.7. The molecule has 1 aliphatic carbocycles. The van der Waals surface area contributed by atoms with Gasteiger partial charge in [0.05, 0.1) is 31.2 Å². The summed E-state index contributed by atoms with van der Waals surface area (Å²) in [6.45, 7) is 0.476. The molecule has 2 atom stereocenters. The molecular formula is C22H17Cl3F3N3O3S. The summed E-state index contributed by atoms with van der Waals surface area (Å²) in [5, 5.41) is 8.90. The zero-order chi connectivity index (χ0) is 25.1. The van der Waals surface area contributed by atoms with Gasteiger partial charge >= 0.3 is 6.18 Å². The molecule has 1 saturated heterocycles. The Hall–Kier alpha value is -2.01. The molecule has 1 aromatic carbocycles. The predicted molar refractivity (Wildman–Crippen MR) is 127 cm³/mol. The normalized spacial score (nSPS) is 23.7. The zero-order valence-electron chi connectivity index (χ0n) is 17.8. The maximum absolute atomic E-state index is 14.4. The van der Waals surface area contributed by atoms with Crippen molar-refractivity contribution in [3.05, 3.63) is 53.6 Å². The monoisotopic (exact) mass is 565 g/mol. The number of nitrogens with one attached hydrogen (secondary N) is 2. The molecule has 2 N–H and O–H groups in total. The number of oxime groups is 1. The Balaban J connectivity index is 1.49. The van der Waals surface area contributed by atoms with Crippen LogP contribution in [0.3, 0.4) is 0 Å². The molecule has 2 amide bonds. The van der Waals surface area contributed by atoms with Gasteiger partial charge in [0, 0.05) is 12.1 Å². The third-order valence-electron chi connectivity index (χ3n) is 6.43. The maximum atomic E-state index is 14.4. The number of alkyl halides is 3. The second kappa shape index (κ2) is 8.83. The molecule has 0 radical (unpaired) electrons. The smallest absolute Gasteiger partial charge is 0.374 e. The Morgan fingerprint density at radius 3 is 2.51 bits per heavy atom. The van der Waals surface area contributed by atoms with Crippen LogP contribution in [0.15, 0.2) is 17.3 Å². The van der Waals surface area contributed by atoms with Gasteiger partial charge in [-0.3, -0.25) is 9.59 Å². The summed E-state index contributed by atoms with van der Waals surface area (Å²) in [6.07, 6.45) is -3.01. The van der Waals surface area contributed by atoms with Crippen molar-refractivity contribution in [3.63, 3.8) is 0 Å². The highest BCUT2D eigenvalue weighted by atomic mass is 35.5. The number of amides is 2. The number of carbonyl (C=O) groups is 2. The van der Waals surface area contributed by atoms with Crippen molar-refractivity contribution >= 4 is 63.7 Å². The third kappa shape index (κ3) is 4.08. The molecule has 0 saturated carbocycles. The quantitative estimate of drug-likeness (QED) is 0.487. The molecule has 6 nitrogen and oxygen atoms in total. The molecule has 0 bridgehead atoms. The molecule has 186 valence electrons. The van der Waals surface area contributed by atoms with Gasteiger partial charge in [-0.05, 0) is 48.9 Å². The molecule has 1 fully saturated rings. The first-order chi connectivity index (χ1) is 16.5. The van der Waals surface area contributed by atoms with Crippen molar-refractivity contribution < 1.29 is 27.6 Å². The van der Waals surface area contributed by atoms with Crippen molar-refractivity contribution in [1.82, 2.24) is 10.6 Å². The van der Waals surface area contributed by atoms with Crippen molar-refractivity contribution in [2.24, 2.45) is 5.16 Å². The topological polar surface area (TPSA) is 79.8 Å². The fourth-order valence-electron chi connectivity index (χ4n) is 4.66. The lowest BCUT2D eigenvalue weighted by atomic mass is 9.87. The van der Waals surface area contributed by atoms with E-state index in [0.29, 0.717) is 35.6 Å². The van der Waals surface area contributed by atoms with E-state index in [-0.39, 0.29) is 32.3 Å². The minimum atomic E-state index is -4.85. The van der Waals surface area contributed by atoms with E-state index >= 15 is 0 Å². The summed E-state index contributed by atoms with van der Waals surface area (Å²) in [5.41, 5.74) is -1.46. The molecule has 3 aliphatic rings. The number of thiophene rings is 1. The van der Waals surface area contributed by atoms with Gasteiger partial charge in [-0.2, -0.15) is 13.2 Å². The number of nitrogens with zero attached hydrogens (tertiary/aromatic N) is 1. The molecule has 0 spiro atoms. The highest BCUT2D eigenvalue weighted by Crippen LogP contribution is 2.51. The number of hydrogen-bond donors (Lipinski definition) is 2. The summed E-state index contributed by atoms with van der Waals surface area (Å²) in [6, 6.07) is 1.52. The van der Waals surface area contributed by atoms with Gasteiger partial charge in [-0.15, -0.1) is 11.3 Å². The lowest BCUT2D eigenvalue weighted by molar-refractivity contribution is -0.275. The molecule has 35 heavy (non-hydrogen) atoms. The second-order valence-electron chi connectivity index (χ2n) is 8.56. The third-order valence-corrected chi connectivity index (χ3v) is 8.95. The summed E-state index contributed by atoms with van der Waals surface area (Å²) in [4.78, 5) is 30.8. The molecule has 2 aromatic rings.